The molecule has 1 aromatic heterocycles. The van der Waals surface area contributed by atoms with Gasteiger partial charge < -0.3 is 0 Å². The fraction of sp³-hybridized carbons (Fsp3) is 0.0909. The van der Waals surface area contributed by atoms with Crippen LogP contribution in [0.1, 0.15) is 0 Å². The Hall–Kier alpha value is -1.46. The van der Waals surface area contributed by atoms with Crippen molar-refractivity contribution >= 4 is 21.4 Å². The first-order chi connectivity index (χ1) is 7.97. The Balaban J connectivity index is 2.43. The molecule has 1 heterocycles. The molecule has 0 amide bonds. The summed E-state index contributed by atoms with van der Waals surface area (Å²) >= 11 is 5.73. The van der Waals surface area contributed by atoms with Crippen LogP contribution in [0.4, 0.5) is 0 Å². The summed E-state index contributed by atoms with van der Waals surface area (Å²) in [5.41, 5.74) is 1.38. The van der Waals surface area contributed by atoms with E-state index in [-0.39, 0.29) is 4.90 Å². The Bertz CT molecular complexity index is 639. The molecule has 0 saturated heterocycles. The van der Waals surface area contributed by atoms with Crippen LogP contribution >= 0.6 is 11.6 Å². The van der Waals surface area contributed by atoms with Crippen molar-refractivity contribution in [3.8, 4) is 11.3 Å². The third-order valence-corrected chi connectivity index (χ3v) is 3.49. The SMILES string of the molecule is CS(=O)(=O)c1ccc(-c2cncc(Cl)n2)cc1. The number of nitrogens with zero attached hydrogens (tertiary/aromatic N) is 2. The molecule has 0 spiro atoms. The van der Waals surface area contributed by atoms with Gasteiger partial charge in [0.15, 0.2) is 9.84 Å². The molecule has 17 heavy (non-hydrogen) atoms. The summed E-state index contributed by atoms with van der Waals surface area (Å²) in [5, 5.41) is 0.301. The first kappa shape index (κ1) is 12.0. The second-order valence-corrected chi connectivity index (χ2v) is 5.93. The molecule has 1 aromatic carbocycles. The number of hydrogen-bond acceptors (Lipinski definition) is 4. The van der Waals surface area contributed by atoms with E-state index >= 15 is 0 Å². The molecule has 0 atom stereocenters. The molecule has 0 aliphatic heterocycles. The van der Waals surface area contributed by atoms with Crippen LogP contribution < -0.4 is 0 Å². The van der Waals surface area contributed by atoms with Crippen molar-refractivity contribution in [2.75, 3.05) is 6.26 Å². The molecule has 88 valence electrons. The molecule has 0 unspecified atom stereocenters. The minimum Gasteiger partial charge on any atom is -0.259 e. The van der Waals surface area contributed by atoms with Crippen molar-refractivity contribution in [1.82, 2.24) is 9.97 Å². The van der Waals surface area contributed by atoms with Crippen molar-refractivity contribution < 1.29 is 8.42 Å². The molecule has 2 aromatic rings. The highest BCUT2D eigenvalue weighted by molar-refractivity contribution is 7.90. The number of sulfone groups is 1. The zero-order valence-electron chi connectivity index (χ0n) is 8.96. The summed E-state index contributed by atoms with van der Waals surface area (Å²) in [6.45, 7) is 0. The standard InChI is InChI=1S/C11H9ClN2O2S/c1-17(15,16)9-4-2-8(3-5-9)10-6-13-7-11(12)14-10/h2-7H,1H3. The molecular weight excluding hydrogens is 260 g/mol. The molecule has 0 saturated carbocycles. The summed E-state index contributed by atoms with van der Waals surface area (Å²) in [6, 6.07) is 6.42. The zero-order valence-corrected chi connectivity index (χ0v) is 10.5. The van der Waals surface area contributed by atoms with Crippen LogP contribution in [0.15, 0.2) is 41.6 Å². The maximum atomic E-state index is 11.3. The van der Waals surface area contributed by atoms with Gasteiger partial charge in [-0.05, 0) is 12.1 Å². The summed E-state index contributed by atoms with van der Waals surface area (Å²) < 4.78 is 22.6. The monoisotopic (exact) mass is 268 g/mol. The van der Waals surface area contributed by atoms with Gasteiger partial charge >= 0.3 is 0 Å². The van der Waals surface area contributed by atoms with Crippen LogP contribution in [0.2, 0.25) is 5.15 Å². The molecule has 0 aliphatic rings. The Morgan fingerprint density at radius 3 is 2.29 bits per heavy atom. The van der Waals surface area contributed by atoms with Crippen molar-refractivity contribution in [2.45, 2.75) is 4.90 Å². The second kappa shape index (κ2) is 4.43. The van der Waals surface area contributed by atoms with Crippen molar-refractivity contribution in [3.05, 3.63) is 41.8 Å². The highest BCUT2D eigenvalue weighted by atomic mass is 35.5. The van der Waals surface area contributed by atoms with Gasteiger partial charge in [-0.1, -0.05) is 23.7 Å². The van der Waals surface area contributed by atoms with Crippen LogP contribution in [0.25, 0.3) is 11.3 Å². The summed E-state index contributed by atoms with van der Waals surface area (Å²) in [7, 11) is -3.17. The van der Waals surface area contributed by atoms with E-state index in [1.54, 1.807) is 18.3 Å². The Morgan fingerprint density at radius 2 is 1.76 bits per heavy atom. The van der Waals surface area contributed by atoms with Gasteiger partial charge in [0.25, 0.3) is 0 Å². The third kappa shape index (κ3) is 2.81. The van der Waals surface area contributed by atoms with E-state index in [1.807, 2.05) is 0 Å². The maximum Gasteiger partial charge on any atom is 0.175 e. The Kier molecular flexibility index (Phi) is 3.13. The first-order valence-corrected chi connectivity index (χ1v) is 7.02. The van der Waals surface area contributed by atoms with Crippen molar-refractivity contribution in [2.24, 2.45) is 0 Å². The lowest BCUT2D eigenvalue weighted by Crippen LogP contribution is -1.96. The van der Waals surface area contributed by atoms with E-state index < -0.39 is 9.84 Å². The average Bonchev–Trinajstić information content (AvgIpc) is 2.28. The Morgan fingerprint density at radius 1 is 1.12 bits per heavy atom. The molecular formula is C11H9ClN2O2S. The Labute approximate surface area is 104 Å². The van der Waals surface area contributed by atoms with Gasteiger partial charge in [-0.3, -0.25) is 4.98 Å². The summed E-state index contributed by atoms with van der Waals surface area (Å²) in [6.07, 6.45) is 4.18. The predicted molar refractivity (Wildman–Crippen MR) is 65.6 cm³/mol. The van der Waals surface area contributed by atoms with E-state index in [4.69, 9.17) is 11.6 Å². The fourth-order valence-electron chi connectivity index (χ4n) is 1.35. The van der Waals surface area contributed by atoms with Gasteiger partial charge in [0.05, 0.1) is 23.0 Å². The lowest BCUT2D eigenvalue weighted by atomic mass is 10.2. The molecule has 0 fully saturated rings. The highest BCUT2D eigenvalue weighted by Crippen LogP contribution is 2.19. The van der Waals surface area contributed by atoms with Crippen LogP contribution in [0.3, 0.4) is 0 Å². The number of hydrogen-bond donors (Lipinski definition) is 0. The van der Waals surface area contributed by atoms with E-state index in [0.717, 1.165) is 5.56 Å². The molecule has 0 radical (unpaired) electrons. The zero-order chi connectivity index (χ0) is 12.5. The van der Waals surface area contributed by atoms with Gasteiger partial charge in [0.1, 0.15) is 5.15 Å². The van der Waals surface area contributed by atoms with Crippen molar-refractivity contribution in [3.63, 3.8) is 0 Å². The molecule has 2 rings (SSSR count). The fourth-order valence-corrected chi connectivity index (χ4v) is 2.13. The minimum atomic E-state index is -3.17. The van der Waals surface area contributed by atoms with Gasteiger partial charge in [-0.2, -0.15) is 0 Å². The number of aromatic nitrogens is 2. The second-order valence-electron chi connectivity index (χ2n) is 3.52. The lowest BCUT2D eigenvalue weighted by molar-refractivity contribution is 0.602. The predicted octanol–water partition coefficient (Wildman–Crippen LogP) is 2.20. The average molecular weight is 269 g/mol. The van der Waals surface area contributed by atoms with Crippen LogP contribution in [0.5, 0.6) is 0 Å². The normalized spacial score (nSPS) is 11.4. The quantitative estimate of drug-likeness (QED) is 0.838. The first-order valence-electron chi connectivity index (χ1n) is 4.75. The smallest absolute Gasteiger partial charge is 0.175 e. The molecule has 4 nitrogen and oxygen atoms in total. The largest absolute Gasteiger partial charge is 0.259 e. The van der Waals surface area contributed by atoms with E-state index in [9.17, 15) is 8.42 Å². The van der Waals surface area contributed by atoms with Crippen LogP contribution in [-0.4, -0.2) is 24.6 Å². The number of halogens is 1. The molecule has 0 aliphatic carbocycles. The highest BCUT2D eigenvalue weighted by Gasteiger charge is 2.07. The van der Waals surface area contributed by atoms with Crippen molar-refractivity contribution in [1.29, 1.82) is 0 Å². The van der Waals surface area contributed by atoms with Crippen LogP contribution in [-0.2, 0) is 9.84 Å². The third-order valence-electron chi connectivity index (χ3n) is 2.18. The maximum absolute atomic E-state index is 11.3. The van der Waals surface area contributed by atoms with E-state index in [0.29, 0.717) is 10.8 Å². The topological polar surface area (TPSA) is 59.9 Å². The number of rotatable bonds is 2. The van der Waals surface area contributed by atoms with E-state index in [1.165, 1.54) is 24.6 Å². The van der Waals surface area contributed by atoms with Crippen LogP contribution in [0, 0.1) is 0 Å². The van der Waals surface area contributed by atoms with E-state index in [2.05, 4.69) is 9.97 Å². The molecule has 0 N–H and O–H groups in total. The van der Waals surface area contributed by atoms with Gasteiger partial charge in [0, 0.05) is 11.8 Å². The molecule has 6 heteroatoms. The molecule has 0 bridgehead atoms. The lowest BCUT2D eigenvalue weighted by Gasteiger charge is -2.02. The summed E-state index contributed by atoms with van der Waals surface area (Å²) in [5.74, 6) is 0. The number of benzene rings is 1. The van der Waals surface area contributed by atoms with Gasteiger partial charge in [-0.25, -0.2) is 13.4 Å². The van der Waals surface area contributed by atoms with Gasteiger partial charge in [-0.15, -0.1) is 0 Å². The minimum absolute atomic E-state index is 0.274. The summed E-state index contributed by atoms with van der Waals surface area (Å²) in [4.78, 5) is 8.28. The van der Waals surface area contributed by atoms with Gasteiger partial charge in [0.2, 0.25) is 0 Å².